The van der Waals surface area contributed by atoms with Gasteiger partial charge < -0.3 is 10.9 Å². The fourth-order valence-electron chi connectivity index (χ4n) is 1.37. The van der Waals surface area contributed by atoms with Crippen LogP contribution < -0.4 is 5.73 Å². The topological polar surface area (TPSA) is 84.4 Å². The highest BCUT2D eigenvalue weighted by Crippen LogP contribution is 2.31. The van der Waals surface area contributed by atoms with Crippen LogP contribution in [0.1, 0.15) is 11.3 Å². The van der Waals surface area contributed by atoms with Gasteiger partial charge in [0.15, 0.2) is 11.0 Å². The van der Waals surface area contributed by atoms with E-state index in [9.17, 15) is 0 Å². The van der Waals surface area contributed by atoms with Crippen molar-refractivity contribution < 1.29 is 5.21 Å². The predicted octanol–water partition coefficient (Wildman–Crippen LogP) is 2.68. The third kappa shape index (κ3) is 3.36. The molecule has 0 aliphatic heterocycles. The minimum absolute atomic E-state index is 0.0188. The Morgan fingerprint density at radius 3 is 2.84 bits per heavy atom. The van der Waals surface area contributed by atoms with E-state index in [2.05, 4.69) is 15.1 Å². The van der Waals surface area contributed by atoms with Gasteiger partial charge in [0.25, 0.3) is 0 Å². The molecule has 2 aromatic rings. The average Bonchev–Trinajstić information content (AvgIpc) is 2.40. The van der Waals surface area contributed by atoms with Gasteiger partial charge in [-0.3, -0.25) is 0 Å². The zero-order chi connectivity index (χ0) is 13.8. The fourth-order valence-corrected chi connectivity index (χ4v) is 2.46. The number of benzene rings is 1. The van der Waals surface area contributed by atoms with Crippen LogP contribution in [0.4, 0.5) is 0 Å². The molecule has 98 valence electrons. The Balaban J connectivity index is 2.27. The highest BCUT2D eigenvalue weighted by molar-refractivity contribution is 7.99. The molecule has 0 amide bonds. The van der Waals surface area contributed by atoms with Crippen molar-refractivity contribution >= 4 is 29.2 Å². The van der Waals surface area contributed by atoms with Crippen LogP contribution in [0, 0.1) is 6.92 Å². The number of hydrogen-bond donors (Lipinski definition) is 2. The number of rotatable bonds is 3. The number of amidine groups is 1. The van der Waals surface area contributed by atoms with Crippen LogP contribution in [0.25, 0.3) is 0 Å². The quantitative estimate of drug-likeness (QED) is 0.299. The van der Waals surface area contributed by atoms with E-state index in [1.807, 2.05) is 13.0 Å². The lowest BCUT2D eigenvalue weighted by molar-refractivity contribution is 0.318. The standard InChI is InChI=1S/C12H11ClN4OS/c1-7-4-5-15-12(16-7)19-10-3-2-8(6-9(10)13)11(14)17-18/h2-6,18H,1H3,(H2,14,17). The summed E-state index contributed by atoms with van der Waals surface area (Å²) in [6, 6.07) is 6.97. The molecular weight excluding hydrogens is 284 g/mol. The zero-order valence-corrected chi connectivity index (χ0v) is 11.6. The van der Waals surface area contributed by atoms with Crippen molar-refractivity contribution in [1.29, 1.82) is 0 Å². The maximum absolute atomic E-state index is 8.61. The second kappa shape index (κ2) is 5.90. The molecule has 0 atom stereocenters. The first kappa shape index (κ1) is 13.6. The first-order valence-electron chi connectivity index (χ1n) is 5.35. The SMILES string of the molecule is Cc1ccnc(Sc2ccc(/C(N)=N/O)cc2Cl)n1. The highest BCUT2D eigenvalue weighted by atomic mass is 35.5. The second-order valence-corrected chi connectivity index (χ2v) is 5.13. The number of hydrogen-bond acceptors (Lipinski definition) is 5. The summed E-state index contributed by atoms with van der Waals surface area (Å²) in [5.74, 6) is 0.0188. The van der Waals surface area contributed by atoms with E-state index in [1.54, 1.807) is 24.4 Å². The first-order chi connectivity index (χ1) is 9.10. The van der Waals surface area contributed by atoms with Crippen molar-refractivity contribution in [2.24, 2.45) is 10.9 Å². The maximum atomic E-state index is 8.61. The van der Waals surface area contributed by atoms with Crippen LogP contribution in [-0.4, -0.2) is 21.0 Å². The molecule has 3 N–H and O–H groups in total. The molecule has 0 fully saturated rings. The van der Waals surface area contributed by atoms with E-state index in [1.165, 1.54) is 11.8 Å². The summed E-state index contributed by atoms with van der Waals surface area (Å²) in [6.45, 7) is 1.90. The molecule has 7 heteroatoms. The molecule has 0 spiro atoms. The number of halogens is 1. The molecule has 19 heavy (non-hydrogen) atoms. The fraction of sp³-hybridized carbons (Fsp3) is 0.0833. The Morgan fingerprint density at radius 1 is 1.42 bits per heavy atom. The van der Waals surface area contributed by atoms with Gasteiger partial charge in [0.1, 0.15) is 0 Å². The summed E-state index contributed by atoms with van der Waals surface area (Å²) in [6.07, 6.45) is 1.70. The van der Waals surface area contributed by atoms with E-state index in [0.29, 0.717) is 15.7 Å². The maximum Gasteiger partial charge on any atom is 0.192 e. The van der Waals surface area contributed by atoms with Crippen LogP contribution in [-0.2, 0) is 0 Å². The molecule has 0 saturated heterocycles. The van der Waals surface area contributed by atoms with Crippen LogP contribution in [0.5, 0.6) is 0 Å². The lowest BCUT2D eigenvalue weighted by Crippen LogP contribution is -2.12. The van der Waals surface area contributed by atoms with Gasteiger partial charge in [-0.15, -0.1) is 0 Å². The minimum Gasteiger partial charge on any atom is -0.409 e. The predicted molar refractivity (Wildman–Crippen MR) is 74.9 cm³/mol. The molecule has 5 nitrogen and oxygen atoms in total. The molecular formula is C12H11ClN4OS. The van der Waals surface area contributed by atoms with Crippen LogP contribution in [0.15, 0.2) is 45.7 Å². The average molecular weight is 295 g/mol. The number of aromatic nitrogens is 2. The van der Waals surface area contributed by atoms with Crippen molar-refractivity contribution in [1.82, 2.24) is 9.97 Å². The Bertz CT molecular complexity index is 633. The smallest absolute Gasteiger partial charge is 0.192 e. The number of nitrogens with zero attached hydrogens (tertiary/aromatic N) is 3. The van der Waals surface area contributed by atoms with Crippen molar-refractivity contribution in [2.45, 2.75) is 17.0 Å². The summed E-state index contributed by atoms with van der Waals surface area (Å²) < 4.78 is 0. The minimum atomic E-state index is 0.0188. The summed E-state index contributed by atoms with van der Waals surface area (Å²) >= 11 is 7.51. The van der Waals surface area contributed by atoms with Crippen LogP contribution >= 0.6 is 23.4 Å². The summed E-state index contributed by atoms with van der Waals surface area (Å²) in [5.41, 5.74) is 6.94. The van der Waals surface area contributed by atoms with Gasteiger partial charge in [-0.05, 0) is 43.0 Å². The first-order valence-corrected chi connectivity index (χ1v) is 6.54. The molecule has 0 saturated carbocycles. The Labute approximate surface area is 119 Å². The van der Waals surface area contributed by atoms with Gasteiger partial charge in [-0.2, -0.15) is 0 Å². The van der Waals surface area contributed by atoms with Gasteiger partial charge in [-0.25, -0.2) is 9.97 Å². The number of aryl methyl sites for hydroxylation is 1. The third-order valence-electron chi connectivity index (χ3n) is 2.31. The van der Waals surface area contributed by atoms with Gasteiger partial charge in [-0.1, -0.05) is 16.8 Å². The van der Waals surface area contributed by atoms with E-state index in [0.717, 1.165) is 10.6 Å². The van der Waals surface area contributed by atoms with Crippen LogP contribution in [0.2, 0.25) is 5.02 Å². The zero-order valence-electron chi connectivity index (χ0n) is 10.0. The molecule has 0 bridgehead atoms. The van der Waals surface area contributed by atoms with E-state index < -0.39 is 0 Å². The van der Waals surface area contributed by atoms with E-state index in [-0.39, 0.29) is 5.84 Å². The number of nitrogens with two attached hydrogens (primary N) is 1. The van der Waals surface area contributed by atoms with Gasteiger partial charge >= 0.3 is 0 Å². The third-order valence-corrected chi connectivity index (χ3v) is 3.69. The molecule has 1 heterocycles. The monoisotopic (exact) mass is 294 g/mol. The lowest BCUT2D eigenvalue weighted by Gasteiger charge is -2.05. The van der Waals surface area contributed by atoms with Gasteiger partial charge in [0.2, 0.25) is 0 Å². The van der Waals surface area contributed by atoms with E-state index >= 15 is 0 Å². The molecule has 0 aliphatic rings. The molecule has 2 rings (SSSR count). The van der Waals surface area contributed by atoms with Crippen LogP contribution in [0.3, 0.4) is 0 Å². The van der Waals surface area contributed by atoms with Gasteiger partial charge in [0, 0.05) is 22.3 Å². The normalized spacial score (nSPS) is 11.6. The lowest BCUT2D eigenvalue weighted by atomic mass is 10.2. The Kier molecular flexibility index (Phi) is 4.24. The molecule has 0 unspecified atom stereocenters. The van der Waals surface area contributed by atoms with Crippen molar-refractivity contribution in [3.63, 3.8) is 0 Å². The second-order valence-electron chi connectivity index (χ2n) is 3.71. The Hall–Kier alpha value is -1.79. The molecule has 1 aromatic heterocycles. The molecule has 0 aliphatic carbocycles. The Morgan fingerprint density at radius 2 is 2.21 bits per heavy atom. The highest BCUT2D eigenvalue weighted by Gasteiger charge is 2.08. The summed E-state index contributed by atoms with van der Waals surface area (Å²) in [4.78, 5) is 9.25. The summed E-state index contributed by atoms with van der Waals surface area (Å²) in [5, 5.41) is 12.7. The largest absolute Gasteiger partial charge is 0.409 e. The van der Waals surface area contributed by atoms with E-state index in [4.69, 9.17) is 22.5 Å². The van der Waals surface area contributed by atoms with Gasteiger partial charge in [0.05, 0.1) is 5.02 Å². The summed E-state index contributed by atoms with van der Waals surface area (Å²) in [7, 11) is 0. The van der Waals surface area contributed by atoms with Crippen molar-refractivity contribution in [3.8, 4) is 0 Å². The molecule has 1 aromatic carbocycles. The van der Waals surface area contributed by atoms with Crippen molar-refractivity contribution in [3.05, 3.63) is 46.7 Å². The number of oxime groups is 1. The molecule has 0 radical (unpaired) electrons. The van der Waals surface area contributed by atoms with Crippen molar-refractivity contribution in [2.75, 3.05) is 0 Å².